The molecule has 0 radical (unpaired) electrons. The fraction of sp³-hybridized carbons (Fsp3) is 0.294. The van der Waals surface area contributed by atoms with Crippen molar-refractivity contribution in [2.24, 2.45) is 0 Å². The zero-order valence-corrected chi connectivity index (χ0v) is 13.1. The van der Waals surface area contributed by atoms with E-state index in [-0.39, 0.29) is 0 Å². The first-order chi connectivity index (χ1) is 11.3. The first kappa shape index (κ1) is 13.9. The summed E-state index contributed by atoms with van der Waals surface area (Å²) in [7, 11) is 0. The van der Waals surface area contributed by atoms with Gasteiger partial charge in [0.15, 0.2) is 5.82 Å². The summed E-state index contributed by atoms with van der Waals surface area (Å²) in [5.74, 6) is 2.83. The van der Waals surface area contributed by atoms with Crippen LogP contribution in [-0.2, 0) is 13.0 Å². The molecule has 0 atom stereocenters. The van der Waals surface area contributed by atoms with Crippen LogP contribution in [0.25, 0.3) is 11.4 Å². The number of anilines is 1. The highest BCUT2D eigenvalue weighted by atomic mass is 15.4. The van der Waals surface area contributed by atoms with Crippen LogP contribution in [0.1, 0.15) is 11.5 Å². The minimum absolute atomic E-state index is 0.812. The van der Waals surface area contributed by atoms with Gasteiger partial charge in [-0.2, -0.15) is 5.10 Å². The smallest absolute Gasteiger partial charge is 0.181 e. The summed E-state index contributed by atoms with van der Waals surface area (Å²) < 4.78 is 2.02. The van der Waals surface area contributed by atoms with Crippen molar-refractivity contribution in [1.82, 2.24) is 24.7 Å². The topological polar surface area (TPSA) is 59.7 Å². The van der Waals surface area contributed by atoms with Crippen molar-refractivity contribution < 1.29 is 0 Å². The van der Waals surface area contributed by atoms with Gasteiger partial charge in [0.25, 0.3) is 0 Å². The number of hydrogen-bond donors (Lipinski definition) is 0. The van der Waals surface area contributed by atoms with E-state index in [1.807, 2.05) is 48.0 Å². The number of nitrogens with zero attached hydrogens (tertiary/aromatic N) is 6. The van der Waals surface area contributed by atoms with Crippen LogP contribution in [-0.4, -0.2) is 37.8 Å². The molecule has 0 fully saturated rings. The maximum atomic E-state index is 4.72. The third-order valence-electron chi connectivity index (χ3n) is 4.08. The Morgan fingerprint density at radius 2 is 1.87 bits per heavy atom. The second-order valence-corrected chi connectivity index (χ2v) is 5.70. The zero-order valence-electron chi connectivity index (χ0n) is 13.1. The first-order valence-electron chi connectivity index (χ1n) is 7.82. The fourth-order valence-electron chi connectivity index (χ4n) is 2.85. The molecule has 2 aromatic heterocycles. The summed E-state index contributed by atoms with van der Waals surface area (Å²) in [5.41, 5.74) is 2.05. The average Bonchev–Trinajstić information content (AvgIpc) is 2.89. The summed E-state index contributed by atoms with van der Waals surface area (Å²) in [6, 6.07) is 12.2. The maximum Gasteiger partial charge on any atom is 0.181 e. The van der Waals surface area contributed by atoms with Crippen molar-refractivity contribution in [3.63, 3.8) is 0 Å². The Morgan fingerprint density at radius 3 is 2.70 bits per heavy atom. The van der Waals surface area contributed by atoms with Gasteiger partial charge in [0.2, 0.25) is 0 Å². The van der Waals surface area contributed by atoms with E-state index in [0.29, 0.717) is 0 Å². The van der Waals surface area contributed by atoms with Crippen molar-refractivity contribution in [3.05, 3.63) is 54.2 Å². The Bertz CT molecular complexity index is 785. The Hall–Kier alpha value is -2.76. The van der Waals surface area contributed by atoms with Crippen molar-refractivity contribution in [2.45, 2.75) is 19.9 Å². The molecule has 23 heavy (non-hydrogen) atoms. The number of aryl methyl sites for hydroxylation is 1. The highest BCUT2D eigenvalue weighted by Crippen LogP contribution is 2.19. The molecule has 1 aliphatic heterocycles. The van der Waals surface area contributed by atoms with E-state index in [1.165, 1.54) is 0 Å². The number of rotatable bonds is 2. The highest BCUT2D eigenvalue weighted by molar-refractivity contribution is 5.54. The van der Waals surface area contributed by atoms with E-state index in [4.69, 9.17) is 4.98 Å². The molecule has 116 valence electrons. The molecule has 0 N–H and O–H groups in total. The van der Waals surface area contributed by atoms with Crippen molar-refractivity contribution >= 4 is 5.82 Å². The maximum absolute atomic E-state index is 4.72. The Labute approximate surface area is 134 Å². The Balaban J connectivity index is 1.56. The van der Waals surface area contributed by atoms with Gasteiger partial charge in [-0.05, 0) is 6.92 Å². The van der Waals surface area contributed by atoms with Crippen molar-refractivity contribution in [3.8, 4) is 11.4 Å². The second kappa shape index (κ2) is 5.79. The lowest BCUT2D eigenvalue weighted by Crippen LogP contribution is -2.27. The minimum atomic E-state index is 0.812. The van der Waals surface area contributed by atoms with Gasteiger partial charge in [0.05, 0.1) is 6.54 Å². The molecule has 0 saturated carbocycles. The van der Waals surface area contributed by atoms with E-state index < -0.39 is 0 Å². The fourth-order valence-corrected chi connectivity index (χ4v) is 2.85. The molecular formula is C17H18N6. The monoisotopic (exact) mass is 306 g/mol. The lowest BCUT2D eigenvalue weighted by atomic mass is 10.2. The highest BCUT2D eigenvalue weighted by Gasteiger charge is 2.18. The third-order valence-corrected chi connectivity index (χ3v) is 4.08. The minimum Gasteiger partial charge on any atom is -0.354 e. The van der Waals surface area contributed by atoms with Gasteiger partial charge >= 0.3 is 0 Å². The molecule has 0 spiro atoms. The van der Waals surface area contributed by atoms with E-state index in [2.05, 4.69) is 20.0 Å². The molecule has 6 nitrogen and oxygen atoms in total. The standard InChI is InChI=1S/C17H18N6/c1-13-11-16(19-12-18-13)22-8-7-15-20-17(21-23(15)10-9-22)14-5-3-2-4-6-14/h2-6,11-12H,7-10H2,1H3. The normalized spacial score (nSPS) is 14.4. The number of fused-ring (bicyclic) bond motifs is 1. The summed E-state index contributed by atoms with van der Waals surface area (Å²) in [6.07, 6.45) is 2.49. The number of aromatic nitrogens is 5. The molecule has 1 aliphatic rings. The molecule has 0 aliphatic carbocycles. The van der Waals surface area contributed by atoms with Crippen LogP contribution >= 0.6 is 0 Å². The number of benzene rings is 1. The summed E-state index contributed by atoms with van der Waals surface area (Å²) >= 11 is 0. The molecule has 3 heterocycles. The van der Waals surface area contributed by atoms with Gasteiger partial charge < -0.3 is 4.90 Å². The van der Waals surface area contributed by atoms with Crippen LogP contribution < -0.4 is 4.90 Å². The van der Waals surface area contributed by atoms with Gasteiger partial charge in [-0.1, -0.05) is 30.3 Å². The number of hydrogen-bond acceptors (Lipinski definition) is 5. The molecule has 1 aromatic carbocycles. The first-order valence-corrected chi connectivity index (χ1v) is 7.82. The Kier molecular flexibility index (Phi) is 3.49. The van der Waals surface area contributed by atoms with Gasteiger partial charge in [-0.15, -0.1) is 0 Å². The SMILES string of the molecule is Cc1cc(N2CCc3nc(-c4ccccc4)nn3CC2)ncn1. The third kappa shape index (κ3) is 2.79. The van der Waals surface area contributed by atoms with Gasteiger partial charge in [-0.25, -0.2) is 19.6 Å². The van der Waals surface area contributed by atoms with Crippen LogP contribution in [0.3, 0.4) is 0 Å². The van der Waals surface area contributed by atoms with E-state index in [9.17, 15) is 0 Å². The van der Waals surface area contributed by atoms with Gasteiger partial charge in [-0.3, -0.25) is 0 Å². The molecule has 0 bridgehead atoms. The van der Waals surface area contributed by atoms with E-state index >= 15 is 0 Å². The van der Waals surface area contributed by atoms with Crippen molar-refractivity contribution in [1.29, 1.82) is 0 Å². The molecular weight excluding hydrogens is 288 g/mol. The van der Waals surface area contributed by atoms with Gasteiger partial charge in [0, 0.05) is 36.8 Å². The van der Waals surface area contributed by atoms with Crippen LogP contribution in [0.4, 0.5) is 5.82 Å². The van der Waals surface area contributed by atoms with Crippen LogP contribution in [0.2, 0.25) is 0 Å². The Morgan fingerprint density at radius 1 is 1.00 bits per heavy atom. The summed E-state index contributed by atoms with van der Waals surface area (Å²) in [4.78, 5) is 15.5. The molecule has 6 heteroatoms. The lowest BCUT2D eigenvalue weighted by Gasteiger charge is -2.20. The predicted molar refractivity (Wildman–Crippen MR) is 88.1 cm³/mol. The predicted octanol–water partition coefficient (Wildman–Crippen LogP) is 2.11. The quantitative estimate of drug-likeness (QED) is 0.725. The largest absolute Gasteiger partial charge is 0.354 e. The van der Waals surface area contributed by atoms with Gasteiger partial charge in [0.1, 0.15) is 18.0 Å². The summed E-state index contributed by atoms with van der Waals surface area (Å²) in [6.45, 7) is 4.57. The van der Waals surface area contributed by atoms with Crippen LogP contribution in [0, 0.1) is 6.92 Å². The van der Waals surface area contributed by atoms with E-state index in [1.54, 1.807) is 6.33 Å². The molecule has 0 saturated heterocycles. The second-order valence-electron chi connectivity index (χ2n) is 5.70. The average molecular weight is 306 g/mol. The summed E-state index contributed by atoms with van der Waals surface area (Å²) in [5, 5.41) is 4.67. The molecule has 4 rings (SSSR count). The molecule has 0 unspecified atom stereocenters. The lowest BCUT2D eigenvalue weighted by molar-refractivity contribution is 0.609. The van der Waals surface area contributed by atoms with Crippen LogP contribution in [0.15, 0.2) is 42.7 Å². The van der Waals surface area contributed by atoms with Crippen molar-refractivity contribution in [2.75, 3.05) is 18.0 Å². The molecule has 0 amide bonds. The van der Waals surface area contributed by atoms with E-state index in [0.717, 1.165) is 54.8 Å². The van der Waals surface area contributed by atoms with Crippen LogP contribution in [0.5, 0.6) is 0 Å². The zero-order chi connectivity index (χ0) is 15.6. The molecule has 3 aromatic rings.